The van der Waals surface area contributed by atoms with E-state index in [1.54, 1.807) is 29.4 Å². The van der Waals surface area contributed by atoms with E-state index in [-0.39, 0.29) is 17.5 Å². The summed E-state index contributed by atoms with van der Waals surface area (Å²) in [5.74, 6) is -0.0174. The number of morpholine rings is 1. The summed E-state index contributed by atoms with van der Waals surface area (Å²) in [6.07, 6.45) is 4.82. The summed E-state index contributed by atoms with van der Waals surface area (Å²) in [6.45, 7) is 2.70. The van der Waals surface area contributed by atoms with E-state index in [0.717, 1.165) is 0 Å². The molecule has 0 aromatic carbocycles. The molecular weight excluding hydrogens is 308 g/mol. The van der Waals surface area contributed by atoms with Gasteiger partial charge in [0.1, 0.15) is 0 Å². The van der Waals surface area contributed by atoms with Crippen LogP contribution in [0.5, 0.6) is 0 Å². The van der Waals surface area contributed by atoms with Crippen molar-refractivity contribution in [2.75, 3.05) is 37.1 Å². The van der Waals surface area contributed by atoms with Gasteiger partial charge in [-0.05, 0) is 12.0 Å². The maximum absolute atomic E-state index is 11.8. The van der Waals surface area contributed by atoms with Crippen LogP contribution < -0.4 is 14.9 Å². The van der Waals surface area contributed by atoms with E-state index in [1.807, 2.05) is 5.01 Å². The molecule has 0 bridgehead atoms. The van der Waals surface area contributed by atoms with Crippen LogP contribution in [-0.4, -0.2) is 53.2 Å². The Morgan fingerprint density at radius 3 is 2.91 bits per heavy atom. The first-order valence-electron chi connectivity index (χ1n) is 6.67. The molecule has 0 amide bonds. The molecule has 1 aliphatic rings. The smallest absolute Gasteiger partial charge is 0.324 e. The van der Waals surface area contributed by atoms with Gasteiger partial charge in [0.05, 0.1) is 31.1 Å². The zero-order valence-electron chi connectivity index (χ0n) is 11.7. The molecule has 0 N–H and O–H groups in total. The Balaban J connectivity index is 1.58. The molecule has 22 heavy (non-hydrogen) atoms. The summed E-state index contributed by atoms with van der Waals surface area (Å²) in [4.78, 5) is 13.5. The van der Waals surface area contributed by atoms with E-state index in [1.165, 1.54) is 11.8 Å². The number of nitrogens with zero attached hydrogens (tertiary/aromatic N) is 6. The van der Waals surface area contributed by atoms with E-state index < -0.39 is 0 Å². The van der Waals surface area contributed by atoms with Crippen LogP contribution >= 0.6 is 11.8 Å². The number of rotatable bonds is 5. The standard InChI is InChI=1S/C12H14N6O3S/c19-10(9-22-12-13-2-1-3-14-12)15-11-8-18(16-21-11)17-4-6-20-7-5-17/h1-3,8H,4-7,9H2. The predicted molar refractivity (Wildman–Crippen MR) is 75.3 cm³/mol. The van der Waals surface area contributed by atoms with Gasteiger partial charge in [-0.1, -0.05) is 11.8 Å². The van der Waals surface area contributed by atoms with Crippen molar-refractivity contribution in [3.63, 3.8) is 0 Å². The molecule has 1 aliphatic heterocycles. The molecule has 0 spiro atoms. The molecule has 0 radical (unpaired) electrons. The number of thioether (sulfide) groups is 1. The SMILES string of the molecule is [O-]/C(CSc1ncccn1)=N/c1c[n+](N2CCOCC2)no1. The fraction of sp³-hybridized carbons (Fsp3) is 0.417. The molecule has 10 heteroatoms. The number of hydrogen-bond donors (Lipinski definition) is 0. The lowest BCUT2D eigenvalue weighted by molar-refractivity contribution is -0.759. The van der Waals surface area contributed by atoms with Crippen LogP contribution in [0.3, 0.4) is 0 Å². The first-order chi connectivity index (χ1) is 10.8. The summed E-state index contributed by atoms with van der Waals surface area (Å²) in [6, 6.07) is 1.72. The topological polar surface area (TPSA) is 104 Å². The van der Waals surface area contributed by atoms with Crippen LogP contribution in [0.25, 0.3) is 0 Å². The maximum Gasteiger partial charge on any atom is 0.324 e. The lowest BCUT2D eigenvalue weighted by atomic mass is 10.5. The Hall–Kier alpha value is -2.20. The summed E-state index contributed by atoms with van der Waals surface area (Å²) in [5, 5.41) is 18.1. The summed E-state index contributed by atoms with van der Waals surface area (Å²) < 4.78 is 10.3. The van der Waals surface area contributed by atoms with Crippen molar-refractivity contribution in [1.82, 2.24) is 15.2 Å². The van der Waals surface area contributed by atoms with Gasteiger partial charge in [0.2, 0.25) is 5.27 Å². The van der Waals surface area contributed by atoms with Crippen molar-refractivity contribution in [1.29, 1.82) is 0 Å². The van der Waals surface area contributed by atoms with Crippen LogP contribution in [0.2, 0.25) is 0 Å². The minimum absolute atomic E-state index is 0.141. The zero-order chi connectivity index (χ0) is 15.2. The molecule has 3 heterocycles. The van der Waals surface area contributed by atoms with Gasteiger partial charge in [0.15, 0.2) is 5.16 Å². The third-order valence-electron chi connectivity index (χ3n) is 2.82. The summed E-state index contributed by atoms with van der Waals surface area (Å²) in [7, 11) is 0. The second-order valence-electron chi connectivity index (χ2n) is 4.35. The van der Waals surface area contributed by atoms with Gasteiger partial charge in [0.25, 0.3) is 6.20 Å². The third kappa shape index (κ3) is 3.92. The first-order valence-corrected chi connectivity index (χ1v) is 7.66. The van der Waals surface area contributed by atoms with Gasteiger partial charge in [0, 0.05) is 18.1 Å². The highest BCUT2D eigenvalue weighted by atomic mass is 32.2. The summed E-state index contributed by atoms with van der Waals surface area (Å²) >= 11 is 1.22. The highest BCUT2D eigenvalue weighted by Crippen LogP contribution is 2.12. The van der Waals surface area contributed by atoms with E-state index >= 15 is 0 Å². The van der Waals surface area contributed by atoms with Crippen LogP contribution in [0.15, 0.2) is 39.3 Å². The fourth-order valence-corrected chi connectivity index (χ4v) is 2.40. The Morgan fingerprint density at radius 2 is 2.14 bits per heavy atom. The molecule has 0 saturated carbocycles. The molecule has 2 aromatic rings. The molecule has 0 unspecified atom stereocenters. The Bertz CT molecular complexity index is 629. The number of aromatic nitrogens is 4. The Kier molecular flexibility index (Phi) is 4.81. The highest BCUT2D eigenvalue weighted by Gasteiger charge is 2.22. The molecule has 0 aliphatic carbocycles. The highest BCUT2D eigenvalue weighted by molar-refractivity contribution is 7.99. The lowest BCUT2D eigenvalue weighted by Gasteiger charge is -2.18. The van der Waals surface area contributed by atoms with E-state index in [4.69, 9.17) is 9.26 Å². The van der Waals surface area contributed by atoms with Gasteiger partial charge >= 0.3 is 5.88 Å². The zero-order valence-corrected chi connectivity index (χ0v) is 12.5. The first kappa shape index (κ1) is 14.7. The number of aliphatic imine (C=N–C) groups is 1. The molecule has 2 aromatic heterocycles. The predicted octanol–water partition coefficient (Wildman–Crippen LogP) is -1.10. The van der Waals surface area contributed by atoms with Crippen molar-refractivity contribution in [3.8, 4) is 0 Å². The van der Waals surface area contributed by atoms with Crippen LogP contribution in [0.1, 0.15) is 0 Å². The average molecular weight is 322 g/mol. The monoisotopic (exact) mass is 322 g/mol. The van der Waals surface area contributed by atoms with E-state index in [9.17, 15) is 5.11 Å². The molecular formula is C12H14N6O3S. The quantitative estimate of drug-likeness (QED) is 0.225. The van der Waals surface area contributed by atoms with Crippen molar-refractivity contribution in [2.24, 2.45) is 4.99 Å². The third-order valence-corrected chi connectivity index (χ3v) is 3.68. The Morgan fingerprint density at radius 1 is 1.36 bits per heavy atom. The normalized spacial score (nSPS) is 16.0. The van der Waals surface area contributed by atoms with Gasteiger partial charge in [-0.2, -0.15) is 0 Å². The van der Waals surface area contributed by atoms with E-state index in [2.05, 4.69) is 20.2 Å². The minimum atomic E-state index is -0.331. The van der Waals surface area contributed by atoms with Gasteiger partial charge in [-0.15, -0.1) is 5.01 Å². The van der Waals surface area contributed by atoms with E-state index in [0.29, 0.717) is 31.5 Å². The van der Waals surface area contributed by atoms with Crippen molar-refractivity contribution in [2.45, 2.75) is 5.16 Å². The summed E-state index contributed by atoms with van der Waals surface area (Å²) in [5.41, 5.74) is 0. The van der Waals surface area contributed by atoms with Crippen LogP contribution in [0.4, 0.5) is 5.88 Å². The largest absolute Gasteiger partial charge is 0.861 e. The van der Waals surface area contributed by atoms with Crippen molar-refractivity contribution in [3.05, 3.63) is 24.7 Å². The van der Waals surface area contributed by atoms with Crippen LogP contribution in [-0.2, 0) is 4.74 Å². The molecule has 3 rings (SSSR count). The second kappa shape index (κ2) is 7.18. The van der Waals surface area contributed by atoms with Gasteiger partial charge < -0.3 is 9.84 Å². The Labute approximate surface area is 130 Å². The molecule has 1 fully saturated rings. The minimum Gasteiger partial charge on any atom is -0.861 e. The lowest BCUT2D eigenvalue weighted by Crippen LogP contribution is -2.62. The average Bonchev–Trinajstić information content (AvgIpc) is 3.03. The number of hydrogen-bond acceptors (Lipinski definition) is 9. The molecule has 9 nitrogen and oxygen atoms in total. The van der Waals surface area contributed by atoms with Crippen LogP contribution in [0, 0.1) is 0 Å². The van der Waals surface area contributed by atoms with Crippen molar-refractivity contribution >= 4 is 23.5 Å². The fourth-order valence-electron chi connectivity index (χ4n) is 1.81. The van der Waals surface area contributed by atoms with Crippen molar-refractivity contribution < 1.29 is 19.2 Å². The molecule has 116 valence electrons. The number of ether oxygens (including phenoxy) is 1. The molecule has 1 saturated heterocycles. The maximum atomic E-state index is 11.8. The van der Waals surface area contributed by atoms with Gasteiger partial charge in [-0.3, -0.25) is 4.52 Å². The molecule has 0 atom stereocenters. The second-order valence-corrected chi connectivity index (χ2v) is 5.29. The van der Waals surface area contributed by atoms with Gasteiger partial charge in [-0.25, -0.2) is 15.0 Å².